The van der Waals surface area contributed by atoms with Crippen molar-refractivity contribution in [3.63, 3.8) is 0 Å². The van der Waals surface area contributed by atoms with Crippen molar-refractivity contribution in [2.24, 2.45) is 0 Å². The maximum absolute atomic E-state index is 9.94. The summed E-state index contributed by atoms with van der Waals surface area (Å²) in [7, 11) is 0. The zero-order valence-electron chi connectivity index (χ0n) is 13.2. The van der Waals surface area contributed by atoms with Gasteiger partial charge in [0.15, 0.2) is 5.82 Å². The van der Waals surface area contributed by atoms with Gasteiger partial charge in [0.05, 0.1) is 25.4 Å². The van der Waals surface area contributed by atoms with Crippen LogP contribution in [0.2, 0.25) is 0 Å². The Balaban J connectivity index is 1.66. The molecule has 1 saturated heterocycles. The second-order valence-electron chi connectivity index (χ2n) is 5.84. The molecule has 0 unspecified atom stereocenters. The van der Waals surface area contributed by atoms with Crippen molar-refractivity contribution in [3.8, 4) is 0 Å². The van der Waals surface area contributed by atoms with Crippen molar-refractivity contribution < 1.29 is 14.4 Å². The lowest BCUT2D eigenvalue weighted by molar-refractivity contribution is -0.0149. The topological polar surface area (TPSA) is 74.9 Å². The molecule has 7 nitrogen and oxygen atoms in total. The van der Waals surface area contributed by atoms with Crippen LogP contribution in [0.4, 0.5) is 0 Å². The normalized spacial score (nSPS) is 19.3. The van der Waals surface area contributed by atoms with Gasteiger partial charge in [-0.25, -0.2) is 0 Å². The number of aliphatic hydroxyl groups is 1. The second kappa shape index (κ2) is 7.84. The maximum atomic E-state index is 9.94. The summed E-state index contributed by atoms with van der Waals surface area (Å²) in [5, 5.41) is 13.9. The van der Waals surface area contributed by atoms with E-state index < -0.39 is 6.10 Å². The lowest BCUT2D eigenvalue weighted by Gasteiger charge is -2.35. The van der Waals surface area contributed by atoms with Gasteiger partial charge in [0.25, 0.3) is 0 Å². The van der Waals surface area contributed by atoms with E-state index in [1.165, 1.54) is 0 Å². The predicted molar refractivity (Wildman–Crippen MR) is 77.8 cm³/mol. The highest BCUT2D eigenvalue weighted by Gasteiger charge is 2.20. The van der Waals surface area contributed by atoms with Gasteiger partial charge in [-0.05, 0) is 13.8 Å². The molecule has 0 aromatic carbocycles. The highest BCUT2D eigenvalue weighted by molar-refractivity contribution is 4.85. The van der Waals surface area contributed by atoms with E-state index in [1.54, 1.807) is 6.92 Å². The van der Waals surface area contributed by atoms with Crippen LogP contribution in [-0.2, 0) is 11.3 Å². The van der Waals surface area contributed by atoms with E-state index in [0.717, 1.165) is 38.5 Å². The number of rotatable bonds is 7. The van der Waals surface area contributed by atoms with E-state index in [-0.39, 0.29) is 6.10 Å². The van der Waals surface area contributed by atoms with E-state index in [9.17, 15) is 5.11 Å². The summed E-state index contributed by atoms with van der Waals surface area (Å²) in [6.45, 7) is 11.3. The molecule has 2 rings (SSSR count). The third kappa shape index (κ3) is 5.70. The van der Waals surface area contributed by atoms with E-state index in [2.05, 4.69) is 19.9 Å². The first-order chi connectivity index (χ1) is 10.0. The van der Waals surface area contributed by atoms with Crippen molar-refractivity contribution in [2.45, 2.75) is 39.5 Å². The number of hydrogen-bond donors (Lipinski definition) is 1. The molecule has 0 radical (unpaired) electrons. The van der Waals surface area contributed by atoms with Gasteiger partial charge in [-0.3, -0.25) is 9.80 Å². The van der Waals surface area contributed by atoms with E-state index in [4.69, 9.17) is 9.26 Å². The Hall–Kier alpha value is -1.02. The van der Waals surface area contributed by atoms with Crippen LogP contribution in [0.5, 0.6) is 0 Å². The van der Waals surface area contributed by atoms with Crippen molar-refractivity contribution >= 4 is 0 Å². The highest BCUT2D eigenvalue weighted by Crippen LogP contribution is 2.07. The Morgan fingerprint density at radius 2 is 1.90 bits per heavy atom. The van der Waals surface area contributed by atoms with Gasteiger partial charge in [0.2, 0.25) is 5.89 Å². The molecule has 1 aliphatic heterocycles. The summed E-state index contributed by atoms with van der Waals surface area (Å²) in [6.07, 6.45) is -0.256. The summed E-state index contributed by atoms with van der Waals surface area (Å²) in [5.74, 6) is 1.35. The Morgan fingerprint density at radius 1 is 1.24 bits per heavy atom. The number of hydrogen-bond acceptors (Lipinski definition) is 7. The van der Waals surface area contributed by atoms with Gasteiger partial charge >= 0.3 is 0 Å². The summed E-state index contributed by atoms with van der Waals surface area (Å²) >= 11 is 0. The van der Waals surface area contributed by atoms with Crippen LogP contribution in [0.3, 0.4) is 0 Å². The zero-order valence-corrected chi connectivity index (χ0v) is 13.2. The van der Waals surface area contributed by atoms with Gasteiger partial charge in [-0.15, -0.1) is 0 Å². The standard InChI is InChI=1S/C14H26N4O3/c1-11(2)20-10-13(19)8-17-4-6-18(7-5-17)9-14-15-12(3)21-16-14/h11,13,19H,4-10H2,1-3H3/t13-/m0/s1. The lowest BCUT2D eigenvalue weighted by atomic mass is 10.2. The molecule has 1 aromatic rings. The van der Waals surface area contributed by atoms with Gasteiger partial charge in [0, 0.05) is 39.6 Å². The first-order valence-electron chi connectivity index (χ1n) is 7.56. The fourth-order valence-corrected chi connectivity index (χ4v) is 2.39. The average molecular weight is 298 g/mol. The molecular formula is C14H26N4O3. The Kier molecular flexibility index (Phi) is 6.10. The summed E-state index contributed by atoms with van der Waals surface area (Å²) in [6, 6.07) is 0. The summed E-state index contributed by atoms with van der Waals surface area (Å²) in [4.78, 5) is 8.80. The van der Waals surface area contributed by atoms with Crippen LogP contribution < -0.4 is 0 Å². The largest absolute Gasteiger partial charge is 0.389 e. The number of aromatic nitrogens is 2. The number of nitrogens with zero attached hydrogens (tertiary/aromatic N) is 4. The summed E-state index contributed by atoms with van der Waals surface area (Å²) in [5.41, 5.74) is 0. The number of piperazine rings is 1. The van der Waals surface area contributed by atoms with Gasteiger partial charge < -0.3 is 14.4 Å². The maximum Gasteiger partial charge on any atom is 0.223 e. The molecular weight excluding hydrogens is 272 g/mol. The van der Waals surface area contributed by atoms with Crippen molar-refractivity contribution in [1.82, 2.24) is 19.9 Å². The Labute approximate surface area is 125 Å². The minimum Gasteiger partial charge on any atom is -0.389 e. The lowest BCUT2D eigenvalue weighted by Crippen LogP contribution is -2.48. The molecule has 0 saturated carbocycles. The summed E-state index contributed by atoms with van der Waals surface area (Å²) < 4.78 is 10.4. The van der Waals surface area contributed by atoms with Gasteiger partial charge in [-0.1, -0.05) is 5.16 Å². The molecule has 0 aliphatic carbocycles. The fourth-order valence-electron chi connectivity index (χ4n) is 2.39. The second-order valence-corrected chi connectivity index (χ2v) is 5.84. The highest BCUT2D eigenvalue weighted by atomic mass is 16.5. The number of aliphatic hydroxyl groups excluding tert-OH is 1. The molecule has 0 spiro atoms. The number of ether oxygens (including phenoxy) is 1. The van der Waals surface area contributed by atoms with Crippen LogP contribution >= 0.6 is 0 Å². The van der Waals surface area contributed by atoms with E-state index in [0.29, 0.717) is 19.0 Å². The van der Waals surface area contributed by atoms with Crippen LogP contribution in [0, 0.1) is 6.92 Å². The molecule has 0 amide bonds. The average Bonchev–Trinajstić information content (AvgIpc) is 2.84. The predicted octanol–water partition coefficient (Wildman–Crippen LogP) is 0.282. The van der Waals surface area contributed by atoms with Crippen molar-refractivity contribution in [3.05, 3.63) is 11.7 Å². The molecule has 1 aromatic heterocycles. The molecule has 2 heterocycles. The van der Waals surface area contributed by atoms with E-state index >= 15 is 0 Å². The van der Waals surface area contributed by atoms with E-state index in [1.807, 2.05) is 13.8 Å². The van der Waals surface area contributed by atoms with Gasteiger partial charge in [0.1, 0.15) is 0 Å². The number of aryl methyl sites for hydroxylation is 1. The number of β-amino-alcohol motifs (C(OH)–C–C–N with tert-alkyl or cyclic N) is 1. The zero-order chi connectivity index (χ0) is 15.2. The van der Waals surface area contributed by atoms with Crippen LogP contribution in [-0.4, -0.2) is 76.6 Å². The molecule has 1 fully saturated rings. The van der Waals surface area contributed by atoms with Crippen LogP contribution in [0.15, 0.2) is 4.52 Å². The van der Waals surface area contributed by atoms with Crippen molar-refractivity contribution in [1.29, 1.82) is 0 Å². The van der Waals surface area contributed by atoms with Crippen LogP contribution in [0.1, 0.15) is 25.6 Å². The van der Waals surface area contributed by atoms with Crippen LogP contribution in [0.25, 0.3) is 0 Å². The quantitative estimate of drug-likeness (QED) is 0.775. The smallest absolute Gasteiger partial charge is 0.223 e. The fraction of sp³-hybridized carbons (Fsp3) is 0.857. The molecule has 1 atom stereocenters. The monoisotopic (exact) mass is 298 g/mol. The minimum absolute atomic E-state index is 0.162. The minimum atomic E-state index is -0.418. The molecule has 0 bridgehead atoms. The molecule has 1 N–H and O–H groups in total. The Morgan fingerprint density at radius 3 is 2.48 bits per heavy atom. The first kappa shape index (κ1) is 16.4. The SMILES string of the molecule is Cc1nc(CN2CCN(C[C@H](O)COC(C)C)CC2)no1. The molecule has 120 valence electrons. The first-order valence-corrected chi connectivity index (χ1v) is 7.56. The van der Waals surface area contributed by atoms with Crippen molar-refractivity contribution in [2.75, 3.05) is 39.3 Å². The Bertz CT molecular complexity index is 416. The third-order valence-electron chi connectivity index (χ3n) is 3.49. The molecule has 21 heavy (non-hydrogen) atoms. The molecule has 1 aliphatic rings. The third-order valence-corrected chi connectivity index (χ3v) is 3.49. The van der Waals surface area contributed by atoms with Gasteiger partial charge in [-0.2, -0.15) is 4.98 Å². The molecule has 7 heteroatoms.